The zero-order valence-electron chi connectivity index (χ0n) is 18.8. The second kappa shape index (κ2) is 10.5. The summed E-state index contributed by atoms with van der Waals surface area (Å²) in [6.45, 7) is 4.30. The third-order valence-electron chi connectivity index (χ3n) is 5.16. The fourth-order valence-corrected chi connectivity index (χ4v) is 8.17. The number of anilines is 1. The number of para-hydroxylation sites is 1. The number of nitrogens with one attached hydrogen (secondary N) is 2. The van der Waals surface area contributed by atoms with E-state index in [0.717, 1.165) is 20.4 Å². The first-order valence-electron chi connectivity index (χ1n) is 10.3. The molecular weight excluding hydrogens is 588 g/mol. The van der Waals surface area contributed by atoms with E-state index in [0.29, 0.717) is 0 Å². The molecule has 1 aliphatic heterocycles. The summed E-state index contributed by atoms with van der Waals surface area (Å²) in [5.74, 6) is -5.05. The van der Waals surface area contributed by atoms with Crippen LogP contribution in [0.4, 0.5) is 37.2 Å². The van der Waals surface area contributed by atoms with Gasteiger partial charge in [0.1, 0.15) is 0 Å². The molecule has 0 fully saturated rings. The van der Waals surface area contributed by atoms with Gasteiger partial charge in [0.05, 0.1) is 0 Å². The van der Waals surface area contributed by atoms with Crippen molar-refractivity contribution in [3.05, 3.63) is 64.4 Å². The van der Waals surface area contributed by atoms with Crippen molar-refractivity contribution < 1.29 is 36.3 Å². The minimum atomic E-state index is -5.71. The molecule has 3 rings (SSSR count). The first kappa shape index (κ1) is 26.9. The molecule has 1 aliphatic rings. The van der Waals surface area contributed by atoms with E-state index in [2.05, 4.69) is 10.1 Å². The SMILES string of the molecule is C=C(OC(=O)NCCC(F)(F)C(F)(F)F)C(C)NI1C(=O)N(C)c2ccccc2-c2ccccc21. The van der Waals surface area contributed by atoms with Crippen LogP contribution in [0.3, 0.4) is 0 Å². The molecule has 1 heterocycles. The second-order valence-electron chi connectivity index (χ2n) is 7.66. The van der Waals surface area contributed by atoms with Gasteiger partial charge in [-0.2, -0.15) is 0 Å². The molecule has 1 atom stereocenters. The maximum absolute atomic E-state index is 13.4. The molecule has 0 aromatic heterocycles. The van der Waals surface area contributed by atoms with Gasteiger partial charge in [-0.05, 0) is 0 Å². The van der Waals surface area contributed by atoms with E-state index in [1.54, 1.807) is 18.9 Å². The maximum atomic E-state index is 13.4. The zero-order chi connectivity index (χ0) is 26.0. The average molecular weight is 611 g/mol. The third-order valence-corrected chi connectivity index (χ3v) is 10.5. The van der Waals surface area contributed by atoms with Crippen molar-refractivity contribution >= 4 is 35.8 Å². The van der Waals surface area contributed by atoms with Gasteiger partial charge in [0.15, 0.2) is 0 Å². The van der Waals surface area contributed by atoms with Crippen LogP contribution < -0.4 is 13.7 Å². The number of nitrogens with zero attached hydrogens (tertiary/aromatic N) is 1. The Hall–Kier alpha value is -2.74. The Balaban J connectivity index is 1.68. The normalized spacial score (nSPS) is 15.6. The number of hydrogen-bond donors (Lipinski definition) is 2. The van der Waals surface area contributed by atoms with Gasteiger partial charge in [-0.25, -0.2) is 0 Å². The molecule has 0 spiro atoms. The van der Waals surface area contributed by atoms with Crippen molar-refractivity contribution in [2.45, 2.75) is 31.5 Å². The summed E-state index contributed by atoms with van der Waals surface area (Å²) >= 11 is -2.81. The number of alkyl carbamates (subject to hydrolysis) is 1. The second-order valence-corrected chi connectivity index (χ2v) is 12.0. The van der Waals surface area contributed by atoms with E-state index in [-0.39, 0.29) is 9.67 Å². The zero-order valence-corrected chi connectivity index (χ0v) is 20.9. The molecule has 190 valence electrons. The molecule has 12 heteroatoms. The van der Waals surface area contributed by atoms with Crippen molar-refractivity contribution in [2.24, 2.45) is 0 Å². The van der Waals surface area contributed by atoms with Gasteiger partial charge in [0, 0.05) is 0 Å². The molecule has 6 nitrogen and oxygen atoms in total. The van der Waals surface area contributed by atoms with Crippen molar-refractivity contribution in [1.82, 2.24) is 8.85 Å². The van der Waals surface area contributed by atoms with Crippen molar-refractivity contribution in [1.29, 1.82) is 0 Å². The van der Waals surface area contributed by atoms with Crippen molar-refractivity contribution in [2.75, 3.05) is 18.5 Å². The number of benzene rings is 2. The van der Waals surface area contributed by atoms with E-state index in [1.807, 2.05) is 53.8 Å². The van der Waals surface area contributed by atoms with Gasteiger partial charge >= 0.3 is 206 Å². The molecule has 0 saturated carbocycles. The number of hydrogen-bond acceptors (Lipinski definition) is 4. The first-order valence-corrected chi connectivity index (χ1v) is 13.6. The van der Waals surface area contributed by atoms with Gasteiger partial charge in [-0.15, -0.1) is 0 Å². The van der Waals surface area contributed by atoms with Gasteiger partial charge in [-0.1, -0.05) is 0 Å². The predicted octanol–water partition coefficient (Wildman–Crippen LogP) is 6.32. The summed E-state index contributed by atoms with van der Waals surface area (Å²) in [5.41, 5.74) is 2.56. The van der Waals surface area contributed by atoms with Crippen LogP contribution in [0.15, 0.2) is 60.9 Å². The Morgan fingerprint density at radius 3 is 2.34 bits per heavy atom. The fourth-order valence-electron chi connectivity index (χ4n) is 3.18. The van der Waals surface area contributed by atoms with Crippen molar-refractivity contribution in [3.63, 3.8) is 0 Å². The van der Waals surface area contributed by atoms with Crippen LogP contribution in [-0.2, 0) is 4.74 Å². The molecule has 0 saturated heterocycles. The van der Waals surface area contributed by atoms with Crippen LogP contribution >= 0.6 is 20.1 Å². The van der Waals surface area contributed by atoms with Crippen LogP contribution in [-0.4, -0.2) is 41.7 Å². The van der Waals surface area contributed by atoms with Crippen LogP contribution in [0.25, 0.3) is 11.1 Å². The van der Waals surface area contributed by atoms with Crippen LogP contribution in [0.1, 0.15) is 13.3 Å². The van der Waals surface area contributed by atoms with Gasteiger partial charge in [-0.3, -0.25) is 0 Å². The Labute approximate surface area is 206 Å². The van der Waals surface area contributed by atoms with E-state index in [4.69, 9.17) is 4.74 Å². The molecule has 2 N–H and O–H groups in total. The summed E-state index contributed by atoms with van der Waals surface area (Å²) in [4.78, 5) is 26.9. The Morgan fingerprint density at radius 2 is 1.69 bits per heavy atom. The number of rotatable bonds is 7. The van der Waals surface area contributed by atoms with E-state index in [9.17, 15) is 31.5 Å². The quantitative estimate of drug-likeness (QED) is 0.0961. The summed E-state index contributed by atoms with van der Waals surface area (Å²) in [5, 5.41) is 1.86. The van der Waals surface area contributed by atoms with Crippen LogP contribution in [0.5, 0.6) is 0 Å². The molecule has 2 amide bonds. The molecular formula is C23H23F5IN3O3. The molecule has 2 aromatic rings. The fraction of sp³-hybridized carbons (Fsp3) is 0.304. The van der Waals surface area contributed by atoms with E-state index >= 15 is 0 Å². The predicted molar refractivity (Wildman–Crippen MR) is 130 cm³/mol. The molecule has 0 aliphatic carbocycles. The van der Waals surface area contributed by atoms with Gasteiger partial charge in [0.25, 0.3) is 0 Å². The van der Waals surface area contributed by atoms with Crippen LogP contribution in [0, 0.1) is 3.57 Å². The number of halogens is 6. The van der Waals surface area contributed by atoms with E-state index in [1.165, 1.54) is 0 Å². The molecule has 35 heavy (non-hydrogen) atoms. The summed E-state index contributed by atoms with van der Waals surface area (Å²) in [6, 6.07) is 14.3. The van der Waals surface area contributed by atoms with Crippen LogP contribution in [0.2, 0.25) is 0 Å². The monoisotopic (exact) mass is 611 g/mol. The van der Waals surface area contributed by atoms with Gasteiger partial charge < -0.3 is 0 Å². The standard InChI is InChI=1S/C23H23F5IN3O3/c1-14(15(2)35-21(34)30-13-12-22(24,25)23(26,27)28)31-29-18-10-6-4-8-16(18)17-9-5-7-11-19(17)32(3)20(29)33/h4-11,14,31H,2,12-13H2,1,3H3,(H,30,34). The topological polar surface area (TPSA) is 70.7 Å². The van der Waals surface area contributed by atoms with E-state index < -0.39 is 57.3 Å². The average Bonchev–Trinajstić information content (AvgIpc) is 2.88. The number of carbonyl (C=O) groups is 2. The number of alkyl halides is 5. The Bertz CT molecular complexity index is 1130. The first-order chi connectivity index (χ1) is 16.3. The minimum absolute atomic E-state index is 0.114. The molecule has 0 radical (unpaired) electrons. The Morgan fingerprint density at radius 1 is 1.09 bits per heavy atom. The molecule has 2 aromatic carbocycles. The number of ether oxygens (including phenoxy) is 1. The summed E-state index contributed by atoms with van der Waals surface area (Å²) in [6.07, 6.45) is -8.55. The molecule has 1 unspecified atom stereocenters. The number of carbonyl (C=O) groups excluding carboxylic acids is 2. The third kappa shape index (κ3) is 5.92. The molecule has 0 bridgehead atoms. The van der Waals surface area contributed by atoms with Gasteiger partial charge in [0.2, 0.25) is 0 Å². The summed E-state index contributed by atoms with van der Waals surface area (Å²) in [7, 11) is 1.68. The number of fused-ring (bicyclic) bond motifs is 3. The van der Waals surface area contributed by atoms with Crippen molar-refractivity contribution in [3.8, 4) is 11.1 Å². The summed E-state index contributed by atoms with van der Waals surface area (Å²) < 4.78 is 71.6. The Kier molecular flexibility index (Phi) is 8.04. The number of amides is 2.